The molecule has 1 N–H and O–H groups in total. The van der Waals surface area contributed by atoms with Gasteiger partial charge in [-0.05, 0) is 46.6 Å². The summed E-state index contributed by atoms with van der Waals surface area (Å²) in [5.74, 6) is 1.43. The van der Waals surface area contributed by atoms with E-state index >= 15 is 0 Å². The Balaban J connectivity index is 2.19. The molecule has 0 amide bonds. The molecular formula is C19H23BrClNO2. The minimum atomic E-state index is 0.391. The lowest BCUT2D eigenvalue weighted by atomic mass is 10.2. The molecule has 2 aromatic carbocycles. The van der Waals surface area contributed by atoms with Gasteiger partial charge in [-0.2, -0.15) is 0 Å². The third kappa shape index (κ3) is 5.40. The van der Waals surface area contributed by atoms with Crippen molar-refractivity contribution in [1.82, 2.24) is 5.32 Å². The lowest BCUT2D eigenvalue weighted by Crippen LogP contribution is -2.21. The van der Waals surface area contributed by atoms with Gasteiger partial charge in [0.05, 0.1) is 11.1 Å². The second kappa shape index (κ2) is 9.30. The predicted molar refractivity (Wildman–Crippen MR) is 103 cm³/mol. The Morgan fingerprint density at radius 3 is 2.58 bits per heavy atom. The van der Waals surface area contributed by atoms with Crippen molar-refractivity contribution in [2.24, 2.45) is 0 Å². The summed E-state index contributed by atoms with van der Waals surface area (Å²) in [6.45, 7) is 7.96. The molecule has 2 rings (SSSR count). The van der Waals surface area contributed by atoms with Crippen molar-refractivity contribution in [2.75, 3.05) is 6.61 Å². The van der Waals surface area contributed by atoms with Gasteiger partial charge in [-0.25, -0.2) is 0 Å². The largest absolute Gasteiger partial charge is 0.490 e. The van der Waals surface area contributed by atoms with E-state index in [0.29, 0.717) is 30.0 Å². The van der Waals surface area contributed by atoms with Crippen molar-refractivity contribution in [3.8, 4) is 11.5 Å². The molecule has 3 nitrogen and oxygen atoms in total. The quantitative estimate of drug-likeness (QED) is 0.614. The average molecular weight is 413 g/mol. The van der Waals surface area contributed by atoms with E-state index in [1.54, 1.807) is 0 Å². The second-order valence-electron chi connectivity index (χ2n) is 5.75. The van der Waals surface area contributed by atoms with Crippen LogP contribution in [0.3, 0.4) is 0 Å². The van der Waals surface area contributed by atoms with Gasteiger partial charge in [0.2, 0.25) is 0 Å². The summed E-state index contributed by atoms with van der Waals surface area (Å²) in [6.07, 6.45) is 0. The van der Waals surface area contributed by atoms with E-state index in [4.69, 9.17) is 21.1 Å². The van der Waals surface area contributed by atoms with Crippen molar-refractivity contribution in [2.45, 2.75) is 40.0 Å². The molecule has 5 heteroatoms. The van der Waals surface area contributed by atoms with Gasteiger partial charge in [0.1, 0.15) is 6.61 Å². The van der Waals surface area contributed by atoms with E-state index in [1.807, 2.05) is 37.3 Å². The number of halogens is 2. The van der Waals surface area contributed by atoms with Crippen LogP contribution in [0.5, 0.6) is 11.5 Å². The molecule has 0 aliphatic carbocycles. The zero-order valence-corrected chi connectivity index (χ0v) is 16.6. The highest BCUT2D eigenvalue weighted by molar-refractivity contribution is 9.10. The first-order valence-electron chi connectivity index (χ1n) is 8.06. The Morgan fingerprint density at radius 1 is 1.17 bits per heavy atom. The van der Waals surface area contributed by atoms with Crippen LogP contribution in [0.15, 0.2) is 40.9 Å². The van der Waals surface area contributed by atoms with Crippen LogP contribution in [0.4, 0.5) is 0 Å². The average Bonchev–Trinajstić information content (AvgIpc) is 2.54. The van der Waals surface area contributed by atoms with Gasteiger partial charge >= 0.3 is 0 Å². The minimum Gasteiger partial charge on any atom is -0.490 e. The summed E-state index contributed by atoms with van der Waals surface area (Å²) < 4.78 is 12.6. The Hall–Kier alpha value is -1.23. The number of hydrogen-bond acceptors (Lipinski definition) is 3. The van der Waals surface area contributed by atoms with Gasteiger partial charge in [0.15, 0.2) is 11.5 Å². The highest BCUT2D eigenvalue weighted by atomic mass is 79.9. The Morgan fingerprint density at radius 2 is 1.92 bits per heavy atom. The van der Waals surface area contributed by atoms with Crippen LogP contribution >= 0.6 is 27.5 Å². The number of benzene rings is 2. The number of hydrogen-bond donors (Lipinski definition) is 1. The monoisotopic (exact) mass is 411 g/mol. The maximum Gasteiger partial charge on any atom is 0.175 e. The first-order chi connectivity index (χ1) is 11.5. The smallest absolute Gasteiger partial charge is 0.175 e. The molecule has 0 bridgehead atoms. The summed E-state index contributed by atoms with van der Waals surface area (Å²) in [6, 6.07) is 12.2. The van der Waals surface area contributed by atoms with E-state index in [2.05, 4.69) is 41.2 Å². The second-order valence-corrected chi connectivity index (χ2v) is 7.02. The zero-order valence-electron chi connectivity index (χ0n) is 14.2. The lowest BCUT2D eigenvalue weighted by molar-refractivity contribution is 0.267. The van der Waals surface area contributed by atoms with Crippen LogP contribution in [-0.2, 0) is 13.2 Å². The van der Waals surface area contributed by atoms with Gasteiger partial charge in [0, 0.05) is 23.2 Å². The third-order valence-electron chi connectivity index (χ3n) is 3.41. The molecule has 0 fully saturated rings. The lowest BCUT2D eigenvalue weighted by Gasteiger charge is -2.17. The maximum atomic E-state index is 6.20. The molecule has 0 saturated carbocycles. The molecule has 0 unspecified atom stereocenters. The van der Waals surface area contributed by atoms with Crippen molar-refractivity contribution in [3.63, 3.8) is 0 Å². The van der Waals surface area contributed by atoms with Gasteiger partial charge in [-0.3, -0.25) is 0 Å². The number of nitrogens with one attached hydrogen (secondary N) is 1. The van der Waals surface area contributed by atoms with Gasteiger partial charge in [-0.1, -0.05) is 43.6 Å². The fraction of sp³-hybridized carbons (Fsp3) is 0.368. The first-order valence-corrected chi connectivity index (χ1v) is 9.23. The molecule has 24 heavy (non-hydrogen) atoms. The van der Waals surface area contributed by atoms with Gasteiger partial charge < -0.3 is 14.8 Å². The molecular weight excluding hydrogens is 390 g/mol. The van der Waals surface area contributed by atoms with Crippen LogP contribution in [0.1, 0.15) is 31.9 Å². The Kier molecular flexibility index (Phi) is 7.40. The van der Waals surface area contributed by atoms with E-state index in [-0.39, 0.29) is 0 Å². The standard InChI is InChI=1S/C19H23BrClNO2/c1-4-23-18-10-14(11-22-13(2)3)9-16(20)19(18)24-12-15-7-5-6-8-17(15)21/h5-10,13,22H,4,11-12H2,1-3H3. The zero-order chi connectivity index (χ0) is 17.5. The van der Waals surface area contributed by atoms with Crippen molar-refractivity contribution in [1.29, 1.82) is 0 Å². The van der Waals surface area contributed by atoms with E-state index in [9.17, 15) is 0 Å². The highest BCUT2D eigenvalue weighted by Crippen LogP contribution is 2.37. The summed E-state index contributed by atoms with van der Waals surface area (Å²) in [7, 11) is 0. The molecule has 2 aromatic rings. The van der Waals surface area contributed by atoms with E-state index in [0.717, 1.165) is 27.9 Å². The Bertz CT molecular complexity index is 676. The normalized spacial score (nSPS) is 10.9. The van der Waals surface area contributed by atoms with Crippen LogP contribution < -0.4 is 14.8 Å². The van der Waals surface area contributed by atoms with Crippen LogP contribution in [0.2, 0.25) is 5.02 Å². The predicted octanol–water partition coefficient (Wildman–Crippen LogP) is 5.58. The highest BCUT2D eigenvalue weighted by Gasteiger charge is 2.13. The van der Waals surface area contributed by atoms with Crippen molar-refractivity contribution in [3.05, 3.63) is 57.0 Å². The molecule has 0 saturated heterocycles. The van der Waals surface area contributed by atoms with E-state index < -0.39 is 0 Å². The molecule has 0 aliphatic heterocycles. The summed E-state index contributed by atoms with van der Waals surface area (Å²) >= 11 is 9.80. The topological polar surface area (TPSA) is 30.5 Å². The number of rotatable bonds is 8. The molecule has 0 aromatic heterocycles. The molecule has 0 aliphatic rings. The molecule has 0 spiro atoms. The summed E-state index contributed by atoms with van der Waals surface area (Å²) in [5, 5.41) is 4.11. The fourth-order valence-electron chi connectivity index (χ4n) is 2.21. The minimum absolute atomic E-state index is 0.391. The van der Waals surface area contributed by atoms with Crippen molar-refractivity contribution >= 4 is 27.5 Å². The maximum absolute atomic E-state index is 6.20. The molecule has 0 atom stereocenters. The summed E-state index contributed by atoms with van der Waals surface area (Å²) in [4.78, 5) is 0. The van der Waals surface area contributed by atoms with Crippen LogP contribution in [0, 0.1) is 0 Å². The van der Waals surface area contributed by atoms with Crippen LogP contribution in [-0.4, -0.2) is 12.6 Å². The van der Waals surface area contributed by atoms with Gasteiger partial charge in [0.25, 0.3) is 0 Å². The molecule has 130 valence electrons. The first kappa shape index (κ1) is 19.1. The SMILES string of the molecule is CCOc1cc(CNC(C)C)cc(Br)c1OCc1ccccc1Cl. The van der Waals surface area contributed by atoms with Crippen LogP contribution in [0.25, 0.3) is 0 Å². The number of ether oxygens (including phenoxy) is 2. The third-order valence-corrected chi connectivity index (χ3v) is 4.37. The van der Waals surface area contributed by atoms with Crippen molar-refractivity contribution < 1.29 is 9.47 Å². The van der Waals surface area contributed by atoms with Gasteiger partial charge in [-0.15, -0.1) is 0 Å². The molecule has 0 heterocycles. The Labute approximate surface area is 157 Å². The van der Waals surface area contributed by atoms with E-state index in [1.165, 1.54) is 0 Å². The fourth-order valence-corrected chi connectivity index (χ4v) is 3.01. The summed E-state index contributed by atoms with van der Waals surface area (Å²) in [5.41, 5.74) is 2.09. The molecule has 0 radical (unpaired) electrons.